The number of amides is 1. The third-order valence-electron chi connectivity index (χ3n) is 4.41. The van der Waals surface area contributed by atoms with Crippen molar-refractivity contribution < 1.29 is 9.18 Å². The van der Waals surface area contributed by atoms with Crippen molar-refractivity contribution in [2.24, 2.45) is 0 Å². The van der Waals surface area contributed by atoms with E-state index in [9.17, 15) is 9.18 Å². The SMILES string of the molecule is CCN(CC)c1ccc(Nc2cc(C(=O)Nc3ccccc3F)ccn2)cc1. The lowest BCUT2D eigenvalue weighted by Gasteiger charge is -2.21. The first-order valence-corrected chi connectivity index (χ1v) is 9.24. The number of aromatic nitrogens is 1. The Bertz CT molecular complexity index is 939. The fourth-order valence-corrected chi connectivity index (χ4v) is 2.89. The number of rotatable bonds is 7. The lowest BCUT2D eigenvalue weighted by Crippen LogP contribution is -2.21. The van der Waals surface area contributed by atoms with Gasteiger partial charge in [-0.3, -0.25) is 4.79 Å². The minimum atomic E-state index is -0.475. The molecule has 0 radical (unpaired) electrons. The van der Waals surface area contributed by atoms with Gasteiger partial charge < -0.3 is 15.5 Å². The summed E-state index contributed by atoms with van der Waals surface area (Å²) in [5.74, 6) is -0.333. The highest BCUT2D eigenvalue weighted by Gasteiger charge is 2.10. The molecule has 2 N–H and O–H groups in total. The van der Waals surface area contributed by atoms with E-state index in [1.54, 1.807) is 30.5 Å². The smallest absolute Gasteiger partial charge is 0.255 e. The summed E-state index contributed by atoms with van der Waals surface area (Å²) in [6.45, 7) is 6.14. The molecule has 1 amide bonds. The van der Waals surface area contributed by atoms with Gasteiger partial charge in [0.2, 0.25) is 0 Å². The number of nitrogens with one attached hydrogen (secondary N) is 2. The largest absolute Gasteiger partial charge is 0.372 e. The Morgan fingerprint density at radius 3 is 2.43 bits per heavy atom. The molecule has 0 unspecified atom stereocenters. The molecular formula is C22H23FN4O. The van der Waals surface area contributed by atoms with Crippen LogP contribution in [0.2, 0.25) is 0 Å². The Hall–Kier alpha value is -3.41. The molecule has 5 nitrogen and oxygen atoms in total. The van der Waals surface area contributed by atoms with Crippen LogP contribution in [0.5, 0.6) is 0 Å². The number of hydrogen-bond donors (Lipinski definition) is 2. The van der Waals surface area contributed by atoms with Gasteiger partial charge in [0, 0.05) is 36.2 Å². The summed E-state index contributed by atoms with van der Waals surface area (Å²) in [6.07, 6.45) is 1.54. The van der Waals surface area contributed by atoms with Crippen molar-refractivity contribution in [1.29, 1.82) is 0 Å². The predicted molar refractivity (Wildman–Crippen MR) is 112 cm³/mol. The fourth-order valence-electron chi connectivity index (χ4n) is 2.89. The Balaban J connectivity index is 1.71. The standard InChI is InChI=1S/C22H23FN4O/c1-3-27(4-2)18-11-9-17(10-12-18)25-21-15-16(13-14-24-21)22(28)26-20-8-6-5-7-19(20)23/h5-15H,3-4H2,1-2H3,(H,24,25)(H,26,28). The maximum atomic E-state index is 13.7. The first-order valence-electron chi connectivity index (χ1n) is 9.24. The van der Waals surface area contributed by atoms with Crippen LogP contribution in [-0.2, 0) is 0 Å². The zero-order valence-corrected chi connectivity index (χ0v) is 15.9. The number of pyridine rings is 1. The van der Waals surface area contributed by atoms with Crippen LogP contribution in [0.4, 0.5) is 27.3 Å². The van der Waals surface area contributed by atoms with Crippen LogP contribution in [0, 0.1) is 5.82 Å². The molecule has 0 atom stereocenters. The molecule has 0 aliphatic heterocycles. The number of benzene rings is 2. The zero-order valence-electron chi connectivity index (χ0n) is 15.9. The van der Waals surface area contributed by atoms with E-state index in [0.29, 0.717) is 11.4 Å². The Morgan fingerprint density at radius 2 is 1.75 bits per heavy atom. The molecule has 0 fully saturated rings. The lowest BCUT2D eigenvalue weighted by atomic mass is 10.2. The van der Waals surface area contributed by atoms with Crippen LogP contribution in [0.15, 0.2) is 66.9 Å². The summed E-state index contributed by atoms with van der Waals surface area (Å²) in [4.78, 5) is 18.9. The molecule has 1 heterocycles. The van der Waals surface area contributed by atoms with E-state index in [1.807, 2.05) is 24.3 Å². The van der Waals surface area contributed by atoms with Crippen molar-refractivity contribution in [3.8, 4) is 0 Å². The lowest BCUT2D eigenvalue weighted by molar-refractivity contribution is 0.102. The van der Waals surface area contributed by atoms with Crippen LogP contribution >= 0.6 is 0 Å². The molecule has 0 aliphatic rings. The van der Waals surface area contributed by atoms with Crippen molar-refractivity contribution in [3.63, 3.8) is 0 Å². The van der Waals surface area contributed by atoms with Crippen LogP contribution in [0.1, 0.15) is 24.2 Å². The van der Waals surface area contributed by atoms with Crippen molar-refractivity contribution in [3.05, 3.63) is 78.2 Å². The molecule has 3 rings (SSSR count). The van der Waals surface area contributed by atoms with Gasteiger partial charge in [-0.25, -0.2) is 9.37 Å². The highest BCUT2D eigenvalue weighted by Crippen LogP contribution is 2.21. The van der Waals surface area contributed by atoms with Gasteiger partial charge in [-0.2, -0.15) is 0 Å². The van der Waals surface area contributed by atoms with Crippen molar-refractivity contribution in [2.45, 2.75) is 13.8 Å². The molecule has 0 saturated carbocycles. The number of anilines is 4. The number of carbonyl (C=O) groups is 1. The van der Waals surface area contributed by atoms with Gasteiger partial charge in [-0.05, 0) is 62.4 Å². The number of hydrogen-bond acceptors (Lipinski definition) is 4. The van der Waals surface area contributed by atoms with E-state index < -0.39 is 11.7 Å². The maximum absolute atomic E-state index is 13.7. The minimum Gasteiger partial charge on any atom is -0.372 e. The van der Waals surface area contributed by atoms with E-state index in [2.05, 4.69) is 34.4 Å². The second-order valence-corrected chi connectivity index (χ2v) is 6.21. The zero-order chi connectivity index (χ0) is 19.9. The normalized spacial score (nSPS) is 10.4. The average molecular weight is 378 g/mol. The molecule has 0 bridgehead atoms. The van der Waals surface area contributed by atoms with Gasteiger partial charge in [0.1, 0.15) is 11.6 Å². The molecule has 2 aromatic carbocycles. The summed E-state index contributed by atoms with van der Waals surface area (Å²) < 4.78 is 13.7. The highest BCUT2D eigenvalue weighted by molar-refractivity contribution is 6.04. The van der Waals surface area contributed by atoms with Crippen molar-refractivity contribution in [2.75, 3.05) is 28.6 Å². The third kappa shape index (κ3) is 4.65. The Kier molecular flexibility index (Phi) is 6.22. The number of halogens is 1. The van der Waals surface area contributed by atoms with Crippen LogP contribution < -0.4 is 15.5 Å². The van der Waals surface area contributed by atoms with Crippen LogP contribution in [0.3, 0.4) is 0 Å². The topological polar surface area (TPSA) is 57.3 Å². The van der Waals surface area contributed by atoms with Crippen molar-refractivity contribution >= 4 is 28.8 Å². The quantitative estimate of drug-likeness (QED) is 0.603. The molecule has 0 aliphatic carbocycles. The summed E-state index contributed by atoms with van der Waals surface area (Å²) in [7, 11) is 0. The van der Waals surface area contributed by atoms with E-state index >= 15 is 0 Å². The molecule has 1 aromatic heterocycles. The summed E-state index contributed by atoms with van der Waals surface area (Å²) in [5.41, 5.74) is 2.56. The van der Waals surface area contributed by atoms with Gasteiger partial charge in [-0.1, -0.05) is 12.1 Å². The molecule has 0 spiro atoms. The first-order chi connectivity index (χ1) is 13.6. The molecule has 28 heavy (non-hydrogen) atoms. The van der Waals surface area contributed by atoms with E-state index in [-0.39, 0.29) is 5.69 Å². The monoisotopic (exact) mass is 378 g/mol. The van der Waals surface area contributed by atoms with E-state index in [0.717, 1.165) is 24.5 Å². The van der Waals surface area contributed by atoms with Gasteiger partial charge in [0.15, 0.2) is 0 Å². The van der Waals surface area contributed by atoms with E-state index in [4.69, 9.17) is 0 Å². The first kappa shape index (κ1) is 19.4. The fraction of sp³-hybridized carbons (Fsp3) is 0.182. The Morgan fingerprint density at radius 1 is 1.04 bits per heavy atom. The second kappa shape index (κ2) is 8.99. The molecule has 3 aromatic rings. The predicted octanol–water partition coefficient (Wildman–Crippen LogP) is 5.06. The molecule has 6 heteroatoms. The van der Waals surface area contributed by atoms with Gasteiger partial charge >= 0.3 is 0 Å². The number of carbonyl (C=O) groups excluding carboxylic acids is 1. The number of para-hydroxylation sites is 1. The second-order valence-electron chi connectivity index (χ2n) is 6.21. The third-order valence-corrected chi connectivity index (χ3v) is 4.41. The summed E-state index contributed by atoms with van der Waals surface area (Å²) in [6, 6.07) is 17.3. The van der Waals surface area contributed by atoms with Crippen LogP contribution in [-0.4, -0.2) is 24.0 Å². The maximum Gasteiger partial charge on any atom is 0.255 e. The highest BCUT2D eigenvalue weighted by atomic mass is 19.1. The van der Waals surface area contributed by atoms with Crippen molar-refractivity contribution in [1.82, 2.24) is 4.98 Å². The van der Waals surface area contributed by atoms with E-state index in [1.165, 1.54) is 12.1 Å². The van der Waals surface area contributed by atoms with Gasteiger partial charge in [-0.15, -0.1) is 0 Å². The van der Waals surface area contributed by atoms with Gasteiger partial charge in [0.05, 0.1) is 5.69 Å². The number of nitrogens with zero attached hydrogens (tertiary/aromatic N) is 2. The van der Waals surface area contributed by atoms with Crippen LogP contribution in [0.25, 0.3) is 0 Å². The molecule has 0 saturated heterocycles. The molecular weight excluding hydrogens is 355 g/mol. The molecule has 144 valence electrons. The van der Waals surface area contributed by atoms with Gasteiger partial charge in [0.25, 0.3) is 5.91 Å². The Labute approximate surface area is 164 Å². The minimum absolute atomic E-state index is 0.144. The summed E-state index contributed by atoms with van der Waals surface area (Å²) in [5, 5.41) is 5.77. The average Bonchev–Trinajstić information content (AvgIpc) is 2.72. The summed E-state index contributed by atoms with van der Waals surface area (Å²) >= 11 is 0.